The predicted octanol–water partition coefficient (Wildman–Crippen LogP) is 3.60. The highest BCUT2D eigenvalue weighted by atomic mass is 16.1. The first-order chi connectivity index (χ1) is 9.52. The molecule has 0 saturated heterocycles. The smallest absolute Gasteiger partial charge is 0.193 e. The molecule has 0 aromatic heterocycles. The van der Waals surface area contributed by atoms with Crippen LogP contribution in [-0.4, -0.2) is 12.3 Å². The molecule has 1 unspecified atom stereocenters. The molecule has 104 valence electrons. The first kappa shape index (κ1) is 14.5. The summed E-state index contributed by atoms with van der Waals surface area (Å²) in [7, 11) is 0. The SMILES string of the molecule is Cc1ccc(C)c(C(=O)c2ccc(C(C)CN)cc2)c1. The molecule has 0 radical (unpaired) electrons. The highest BCUT2D eigenvalue weighted by Crippen LogP contribution is 2.19. The van der Waals surface area contributed by atoms with Crippen LogP contribution in [0.4, 0.5) is 0 Å². The molecule has 2 aromatic rings. The molecule has 0 bridgehead atoms. The molecule has 1 atom stereocenters. The van der Waals surface area contributed by atoms with Gasteiger partial charge in [-0.05, 0) is 43.5 Å². The maximum absolute atomic E-state index is 12.5. The van der Waals surface area contributed by atoms with E-state index in [2.05, 4.69) is 6.92 Å². The van der Waals surface area contributed by atoms with Crippen LogP contribution >= 0.6 is 0 Å². The fourth-order valence-corrected chi connectivity index (χ4v) is 2.24. The van der Waals surface area contributed by atoms with Gasteiger partial charge in [0.05, 0.1) is 0 Å². The molecule has 0 aliphatic heterocycles. The Hall–Kier alpha value is -1.93. The highest BCUT2D eigenvalue weighted by molar-refractivity contribution is 6.10. The summed E-state index contributed by atoms with van der Waals surface area (Å²) in [5.74, 6) is 0.401. The number of nitrogens with two attached hydrogens (primary N) is 1. The van der Waals surface area contributed by atoms with Crippen molar-refractivity contribution in [2.45, 2.75) is 26.7 Å². The lowest BCUT2D eigenvalue weighted by Crippen LogP contribution is -2.09. The zero-order valence-corrected chi connectivity index (χ0v) is 12.3. The number of aryl methyl sites for hydroxylation is 2. The standard InChI is InChI=1S/C18H21NO/c1-12-4-5-13(2)17(10-12)18(20)16-8-6-15(7-9-16)14(3)11-19/h4-10,14H,11,19H2,1-3H3. The van der Waals surface area contributed by atoms with Crippen LogP contribution in [0.3, 0.4) is 0 Å². The van der Waals surface area contributed by atoms with Gasteiger partial charge in [0, 0.05) is 11.1 Å². The minimum atomic E-state index is 0.0816. The van der Waals surface area contributed by atoms with Gasteiger partial charge in [0.15, 0.2) is 5.78 Å². The second-order valence-corrected chi connectivity index (χ2v) is 5.41. The number of hydrogen-bond donors (Lipinski definition) is 1. The molecule has 0 saturated carbocycles. The van der Waals surface area contributed by atoms with Crippen molar-refractivity contribution < 1.29 is 4.79 Å². The average Bonchev–Trinajstić information content (AvgIpc) is 2.48. The van der Waals surface area contributed by atoms with Crippen molar-refractivity contribution >= 4 is 5.78 Å². The van der Waals surface area contributed by atoms with Crippen LogP contribution in [0.5, 0.6) is 0 Å². The van der Waals surface area contributed by atoms with Crippen LogP contribution < -0.4 is 5.73 Å². The van der Waals surface area contributed by atoms with E-state index in [1.807, 2.05) is 56.3 Å². The molecule has 2 N–H and O–H groups in total. The number of carbonyl (C=O) groups is 1. The van der Waals surface area contributed by atoms with E-state index in [1.165, 1.54) is 5.56 Å². The molecule has 0 aliphatic rings. The summed E-state index contributed by atoms with van der Waals surface area (Å²) in [6.45, 7) is 6.67. The predicted molar refractivity (Wildman–Crippen MR) is 83.3 cm³/mol. The molecule has 2 rings (SSSR count). The second-order valence-electron chi connectivity index (χ2n) is 5.41. The zero-order chi connectivity index (χ0) is 14.7. The first-order valence-corrected chi connectivity index (χ1v) is 6.95. The van der Waals surface area contributed by atoms with Crippen molar-refractivity contribution in [1.82, 2.24) is 0 Å². The lowest BCUT2D eigenvalue weighted by atomic mass is 9.94. The van der Waals surface area contributed by atoms with Gasteiger partial charge in [-0.1, -0.05) is 48.9 Å². The Labute approximate surface area is 120 Å². The Morgan fingerprint density at radius 2 is 1.75 bits per heavy atom. The molecule has 2 aromatic carbocycles. The molecule has 0 spiro atoms. The zero-order valence-electron chi connectivity index (χ0n) is 12.3. The summed E-state index contributed by atoms with van der Waals surface area (Å²) < 4.78 is 0. The normalized spacial score (nSPS) is 12.2. The number of benzene rings is 2. The molecule has 0 amide bonds. The number of ketones is 1. The molecular formula is C18H21NO. The monoisotopic (exact) mass is 267 g/mol. The third kappa shape index (κ3) is 2.97. The highest BCUT2D eigenvalue weighted by Gasteiger charge is 2.12. The van der Waals surface area contributed by atoms with Gasteiger partial charge in [-0.25, -0.2) is 0 Å². The molecule has 2 nitrogen and oxygen atoms in total. The molecule has 0 heterocycles. The van der Waals surface area contributed by atoms with Crippen molar-refractivity contribution in [3.8, 4) is 0 Å². The lowest BCUT2D eigenvalue weighted by molar-refractivity contribution is 0.103. The van der Waals surface area contributed by atoms with Crippen molar-refractivity contribution in [2.24, 2.45) is 5.73 Å². The summed E-state index contributed by atoms with van der Waals surface area (Å²) in [5, 5.41) is 0. The van der Waals surface area contributed by atoms with E-state index in [4.69, 9.17) is 5.73 Å². The summed E-state index contributed by atoms with van der Waals surface area (Å²) in [6.07, 6.45) is 0. The molecule has 0 fully saturated rings. The molecular weight excluding hydrogens is 246 g/mol. The lowest BCUT2D eigenvalue weighted by Gasteiger charge is -2.10. The van der Waals surface area contributed by atoms with E-state index in [0.717, 1.165) is 22.3 Å². The number of hydrogen-bond acceptors (Lipinski definition) is 2. The van der Waals surface area contributed by atoms with Gasteiger partial charge in [-0.15, -0.1) is 0 Å². The largest absolute Gasteiger partial charge is 0.330 e. The van der Waals surface area contributed by atoms with Gasteiger partial charge >= 0.3 is 0 Å². The fourth-order valence-electron chi connectivity index (χ4n) is 2.24. The van der Waals surface area contributed by atoms with E-state index in [-0.39, 0.29) is 5.78 Å². The van der Waals surface area contributed by atoms with Crippen LogP contribution in [0.15, 0.2) is 42.5 Å². The average molecular weight is 267 g/mol. The summed E-state index contributed by atoms with van der Waals surface area (Å²) in [5.41, 5.74) is 10.5. The van der Waals surface area contributed by atoms with Gasteiger partial charge in [0.1, 0.15) is 0 Å². The number of carbonyl (C=O) groups excluding carboxylic acids is 1. The van der Waals surface area contributed by atoms with Crippen LogP contribution in [0.2, 0.25) is 0 Å². The van der Waals surface area contributed by atoms with Crippen molar-refractivity contribution in [3.63, 3.8) is 0 Å². The number of rotatable bonds is 4. The van der Waals surface area contributed by atoms with Gasteiger partial charge in [0.25, 0.3) is 0 Å². The minimum absolute atomic E-state index is 0.0816. The van der Waals surface area contributed by atoms with Gasteiger partial charge < -0.3 is 5.73 Å². The fraction of sp³-hybridized carbons (Fsp3) is 0.278. The van der Waals surface area contributed by atoms with Crippen molar-refractivity contribution in [2.75, 3.05) is 6.54 Å². The Morgan fingerprint density at radius 1 is 1.10 bits per heavy atom. The van der Waals surface area contributed by atoms with Crippen molar-refractivity contribution in [1.29, 1.82) is 0 Å². The Kier molecular flexibility index (Phi) is 4.35. The Morgan fingerprint density at radius 3 is 2.35 bits per heavy atom. The maximum Gasteiger partial charge on any atom is 0.193 e. The maximum atomic E-state index is 12.5. The topological polar surface area (TPSA) is 43.1 Å². The Bertz CT molecular complexity index is 614. The van der Waals surface area contributed by atoms with Gasteiger partial charge in [0.2, 0.25) is 0 Å². The van der Waals surface area contributed by atoms with Gasteiger partial charge in [-0.3, -0.25) is 4.79 Å². The van der Waals surface area contributed by atoms with Crippen LogP contribution in [0.1, 0.15) is 45.5 Å². The van der Waals surface area contributed by atoms with Crippen LogP contribution in [-0.2, 0) is 0 Å². The van der Waals surface area contributed by atoms with E-state index >= 15 is 0 Å². The van der Waals surface area contributed by atoms with Crippen LogP contribution in [0.25, 0.3) is 0 Å². The Balaban J connectivity index is 2.32. The quantitative estimate of drug-likeness (QED) is 0.860. The first-order valence-electron chi connectivity index (χ1n) is 6.95. The van der Waals surface area contributed by atoms with Gasteiger partial charge in [-0.2, -0.15) is 0 Å². The van der Waals surface area contributed by atoms with Crippen molar-refractivity contribution in [3.05, 3.63) is 70.3 Å². The van der Waals surface area contributed by atoms with E-state index in [0.29, 0.717) is 12.5 Å². The van der Waals surface area contributed by atoms with Crippen LogP contribution in [0, 0.1) is 13.8 Å². The molecule has 20 heavy (non-hydrogen) atoms. The third-order valence-electron chi connectivity index (χ3n) is 3.73. The molecule has 0 aliphatic carbocycles. The van der Waals surface area contributed by atoms with E-state index in [9.17, 15) is 4.79 Å². The van der Waals surface area contributed by atoms with E-state index in [1.54, 1.807) is 0 Å². The summed E-state index contributed by atoms with van der Waals surface area (Å²) in [4.78, 5) is 12.5. The minimum Gasteiger partial charge on any atom is -0.330 e. The molecule has 2 heteroatoms. The second kappa shape index (κ2) is 6.02. The third-order valence-corrected chi connectivity index (χ3v) is 3.73. The summed E-state index contributed by atoms with van der Waals surface area (Å²) >= 11 is 0. The van der Waals surface area contributed by atoms with E-state index < -0.39 is 0 Å². The summed E-state index contributed by atoms with van der Waals surface area (Å²) in [6, 6.07) is 13.8.